The maximum Gasteiger partial charge on any atom is 0.301 e. The summed E-state index contributed by atoms with van der Waals surface area (Å²) in [7, 11) is 1.57. The summed E-state index contributed by atoms with van der Waals surface area (Å²) < 4.78 is 11.7. The first-order valence-electron chi connectivity index (χ1n) is 12.0. The monoisotopic (exact) mass is 514 g/mol. The first kappa shape index (κ1) is 24.5. The third-order valence-electron chi connectivity index (χ3n) is 6.37. The summed E-state index contributed by atoms with van der Waals surface area (Å²) in [5.41, 5.74) is 2.98. The normalized spacial score (nSPS) is 16.9. The highest BCUT2D eigenvalue weighted by Crippen LogP contribution is 2.44. The maximum absolute atomic E-state index is 13.5. The van der Waals surface area contributed by atoms with Crippen LogP contribution in [0, 0.1) is 0 Å². The van der Waals surface area contributed by atoms with Crippen LogP contribution in [0.5, 0.6) is 11.5 Å². The molecule has 7 nitrogen and oxygen atoms in total. The smallest absolute Gasteiger partial charge is 0.301 e. The lowest BCUT2D eigenvalue weighted by Gasteiger charge is -2.23. The van der Waals surface area contributed by atoms with E-state index in [1.165, 1.54) is 16.2 Å². The number of carbonyl (C=O) groups is 2. The summed E-state index contributed by atoms with van der Waals surface area (Å²) in [6.45, 7) is 4.47. The number of aliphatic hydroxyl groups is 1. The zero-order valence-corrected chi connectivity index (χ0v) is 21.5. The molecule has 37 heavy (non-hydrogen) atoms. The molecule has 1 saturated heterocycles. The molecule has 0 bridgehead atoms. The molecule has 4 aromatic rings. The maximum atomic E-state index is 13.5. The molecule has 2 heterocycles. The molecule has 0 aliphatic carbocycles. The van der Waals surface area contributed by atoms with Crippen molar-refractivity contribution in [3.8, 4) is 11.5 Å². The van der Waals surface area contributed by atoms with Gasteiger partial charge in [0, 0.05) is 5.56 Å². The summed E-state index contributed by atoms with van der Waals surface area (Å²) in [5.74, 6) is -0.464. The van der Waals surface area contributed by atoms with Gasteiger partial charge in [-0.15, -0.1) is 0 Å². The number of rotatable bonds is 7. The van der Waals surface area contributed by atoms with Gasteiger partial charge in [-0.3, -0.25) is 14.5 Å². The Balaban J connectivity index is 1.67. The Kier molecular flexibility index (Phi) is 6.67. The fourth-order valence-electron chi connectivity index (χ4n) is 4.44. The molecule has 0 radical (unpaired) electrons. The Morgan fingerprint density at radius 1 is 1.00 bits per heavy atom. The highest BCUT2D eigenvalue weighted by atomic mass is 32.1. The quantitative estimate of drug-likeness (QED) is 0.188. The molecule has 1 aromatic heterocycles. The Bertz CT molecular complexity index is 1510. The van der Waals surface area contributed by atoms with Crippen LogP contribution in [0.1, 0.15) is 36.6 Å². The number of amides is 1. The van der Waals surface area contributed by atoms with E-state index in [1.807, 2.05) is 19.1 Å². The van der Waals surface area contributed by atoms with E-state index in [4.69, 9.17) is 9.47 Å². The number of ketones is 1. The summed E-state index contributed by atoms with van der Waals surface area (Å²) in [6, 6.07) is 19.0. The van der Waals surface area contributed by atoms with Crippen molar-refractivity contribution >= 4 is 44.1 Å². The van der Waals surface area contributed by atoms with Crippen molar-refractivity contribution in [1.82, 2.24) is 4.98 Å². The molecule has 0 saturated carbocycles. The summed E-state index contributed by atoms with van der Waals surface area (Å²) >= 11 is 1.35. The molecular weight excluding hydrogens is 488 g/mol. The molecule has 188 valence electrons. The zero-order valence-electron chi connectivity index (χ0n) is 20.7. The van der Waals surface area contributed by atoms with Gasteiger partial charge in [0.15, 0.2) is 5.13 Å². The van der Waals surface area contributed by atoms with E-state index < -0.39 is 17.7 Å². The minimum atomic E-state index is -0.858. The van der Waals surface area contributed by atoms with Gasteiger partial charge < -0.3 is 14.6 Å². The summed E-state index contributed by atoms with van der Waals surface area (Å²) in [4.78, 5) is 32.9. The van der Waals surface area contributed by atoms with Crippen LogP contribution < -0.4 is 14.4 Å². The van der Waals surface area contributed by atoms with Crippen LogP contribution in [-0.2, 0) is 16.0 Å². The van der Waals surface area contributed by atoms with E-state index in [2.05, 4.69) is 18.0 Å². The van der Waals surface area contributed by atoms with Crippen molar-refractivity contribution in [2.45, 2.75) is 26.3 Å². The average Bonchev–Trinajstić information content (AvgIpc) is 3.46. The molecule has 1 N–H and O–H groups in total. The number of benzene rings is 3. The van der Waals surface area contributed by atoms with Crippen LogP contribution in [0.25, 0.3) is 16.0 Å². The number of thiazole rings is 1. The van der Waals surface area contributed by atoms with Crippen LogP contribution in [-0.4, -0.2) is 35.5 Å². The summed E-state index contributed by atoms with van der Waals surface area (Å²) in [6.07, 6.45) is 0.877. The van der Waals surface area contributed by atoms with Crippen LogP contribution in [0.15, 0.2) is 72.3 Å². The number of ether oxygens (including phenoxy) is 2. The number of carbonyl (C=O) groups excluding carboxylic acids is 2. The van der Waals surface area contributed by atoms with Crippen molar-refractivity contribution in [1.29, 1.82) is 0 Å². The molecule has 0 spiro atoms. The predicted octanol–water partition coefficient (Wildman–Crippen LogP) is 5.89. The standard InChI is InChI=1S/C29H26N2O5S/c1-4-17-6-15-22-23(16-17)37-29(30-22)31-25(18-7-11-20(35-3)12-8-18)24(27(33)28(31)34)26(32)19-9-13-21(14-10-19)36-5-2/h6-16,25,32H,4-5H2,1-3H3/t25-/m1/s1. The van der Waals surface area contributed by atoms with E-state index in [0.717, 1.165) is 22.2 Å². The van der Waals surface area contributed by atoms with E-state index >= 15 is 0 Å². The molecule has 5 rings (SSSR count). The number of aliphatic hydroxyl groups excluding tert-OH is 1. The number of hydrogen-bond donors (Lipinski definition) is 1. The fourth-order valence-corrected chi connectivity index (χ4v) is 5.50. The minimum Gasteiger partial charge on any atom is -0.507 e. The first-order valence-corrected chi connectivity index (χ1v) is 12.8. The van der Waals surface area contributed by atoms with Crippen molar-refractivity contribution in [3.63, 3.8) is 0 Å². The first-order chi connectivity index (χ1) is 17.9. The Morgan fingerprint density at radius 3 is 2.35 bits per heavy atom. The van der Waals surface area contributed by atoms with Gasteiger partial charge in [0.05, 0.1) is 35.5 Å². The van der Waals surface area contributed by atoms with Gasteiger partial charge in [0.25, 0.3) is 5.78 Å². The predicted molar refractivity (Wildman–Crippen MR) is 144 cm³/mol. The van der Waals surface area contributed by atoms with Gasteiger partial charge in [-0.2, -0.15) is 0 Å². The largest absolute Gasteiger partial charge is 0.507 e. The lowest BCUT2D eigenvalue weighted by atomic mass is 9.95. The molecule has 1 atom stereocenters. The molecule has 8 heteroatoms. The number of nitrogens with zero attached hydrogens (tertiary/aromatic N) is 2. The Labute approximate surface area is 218 Å². The second-order valence-corrected chi connectivity index (χ2v) is 9.56. The van der Waals surface area contributed by atoms with Gasteiger partial charge in [-0.25, -0.2) is 4.98 Å². The molecule has 0 unspecified atom stereocenters. The third kappa shape index (κ3) is 4.44. The highest BCUT2D eigenvalue weighted by molar-refractivity contribution is 7.22. The number of fused-ring (bicyclic) bond motifs is 1. The number of anilines is 1. The van der Waals surface area contributed by atoms with E-state index in [0.29, 0.717) is 34.4 Å². The molecular formula is C29H26N2O5S. The second kappa shape index (κ2) is 10.1. The fraction of sp³-hybridized carbons (Fsp3) is 0.207. The Morgan fingerprint density at radius 2 is 1.70 bits per heavy atom. The average molecular weight is 515 g/mol. The second-order valence-electron chi connectivity index (χ2n) is 8.55. The number of Topliss-reactive ketones (excluding diaryl/α,β-unsaturated/α-hetero) is 1. The van der Waals surface area contributed by atoms with Crippen LogP contribution in [0.3, 0.4) is 0 Å². The number of hydrogen-bond acceptors (Lipinski definition) is 7. The minimum absolute atomic E-state index is 0.00725. The molecule has 1 amide bonds. The number of aromatic nitrogens is 1. The van der Waals surface area contributed by atoms with E-state index in [-0.39, 0.29) is 11.3 Å². The van der Waals surface area contributed by atoms with E-state index in [9.17, 15) is 14.7 Å². The van der Waals surface area contributed by atoms with Crippen LogP contribution >= 0.6 is 11.3 Å². The lowest BCUT2D eigenvalue weighted by Crippen LogP contribution is -2.29. The Hall–Kier alpha value is -4.17. The van der Waals surface area contributed by atoms with E-state index in [1.54, 1.807) is 55.6 Å². The van der Waals surface area contributed by atoms with Crippen LogP contribution in [0.2, 0.25) is 0 Å². The molecule has 1 aliphatic rings. The zero-order chi connectivity index (χ0) is 26.1. The lowest BCUT2D eigenvalue weighted by molar-refractivity contribution is -0.132. The van der Waals surface area contributed by atoms with Crippen molar-refractivity contribution in [2.24, 2.45) is 0 Å². The van der Waals surface area contributed by atoms with Gasteiger partial charge in [-0.1, -0.05) is 36.5 Å². The van der Waals surface area contributed by atoms with Gasteiger partial charge in [0.2, 0.25) is 0 Å². The van der Waals surface area contributed by atoms with Crippen LogP contribution in [0.4, 0.5) is 5.13 Å². The third-order valence-corrected chi connectivity index (χ3v) is 7.39. The topological polar surface area (TPSA) is 89.0 Å². The van der Waals surface area contributed by atoms with Crippen molar-refractivity contribution < 1.29 is 24.2 Å². The van der Waals surface area contributed by atoms with Gasteiger partial charge >= 0.3 is 5.91 Å². The SMILES string of the molecule is CCOc1ccc(C(O)=C2C(=O)C(=O)N(c3nc4ccc(CC)cc4s3)[C@@H]2c2ccc(OC)cc2)cc1. The highest BCUT2D eigenvalue weighted by Gasteiger charge is 2.48. The molecule has 1 fully saturated rings. The number of aryl methyl sites for hydroxylation is 1. The summed E-state index contributed by atoms with van der Waals surface area (Å²) in [5, 5.41) is 11.7. The van der Waals surface area contributed by atoms with Crippen molar-refractivity contribution in [2.75, 3.05) is 18.6 Å². The molecule has 3 aromatic carbocycles. The van der Waals surface area contributed by atoms with Crippen molar-refractivity contribution in [3.05, 3.63) is 89.0 Å². The van der Waals surface area contributed by atoms with Gasteiger partial charge in [-0.05, 0) is 73.0 Å². The number of methoxy groups -OCH3 is 1. The van der Waals surface area contributed by atoms with Gasteiger partial charge in [0.1, 0.15) is 17.3 Å². The molecule has 1 aliphatic heterocycles.